The van der Waals surface area contributed by atoms with E-state index in [9.17, 15) is 24.9 Å². The average molecular weight is 795 g/mol. The highest BCUT2D eigenvalue weighted by atomic mass is 31.2. The molecule has 2 heterocycles. The maximum atomic E-state index is 14.3. The molecule has 1 aromatic heterocycles. The zero-order valence-electron chi connectivity index (χ0n) is 34.4. The van der Waals surface area contributed by atoms with Crippen LogP contribution in [0.25, 0.3) is 10.4 Å². The molecule has 1 aromatic rings. The number of nitriles is 1. The lowest BCUT2D eigenvalue weighted by Crippen LogP contribution is -2.50. The third-order valence-corrected chi connectivity index (χ3v) is 16.3. The number of nitrogens with one attached hydrogen (secondary N) is 1. The van der Waals surface area contributed by atoms with Gasteiger partial charge in [0.15, 0.2) is 0 Å². The second kappa shape index (κ2) is 17.5. The smallest absolute Gasteiger partial charge is 0.352 e. The molecule has 13 atom stereocenters. The number of aryl methyl sites for hydroxylation is 1. The third-order valence-electron chi connectivity index (χ3n) is 14.8. The number of phosphoric ester groups is 1. The number of H-pyrrole nitrogens is 1. The summed E-state index contributed by atoms with van der Waals surface area (Å²) in [5.41, 5.74) is 10.2. The molecule has 0 spiro atoms. The predicted octanol–water partition coefficient (Wildman–Crippen LogP) is 9.71. The Morgan fingerprint density at radius 3 is 2.66 bits per heavy atom. The number of nitrogens with zero attached hydrogens (tertiary/aromatic N) is 5. The molecule has 0 amide bonds. The molecule has 14 heteroatoms. The van der Waals surface area contributed by atoms with Gasteiger partial charge in [0, 0.05) is 23.1 Å². The first kappa shape index (κ1) is 42.6. The molecule has 6 rings (SSSR count). The Labute approximate surface area is 331 Å². The molecule has 0 unspecified atom stereocenters. The van der Waals surface area contributed by atoms with Crippen LogP contribution < -0.4 is 11.2 Å². The predicted molar refractivity (Wildman–Crippen MR) is 214 cm³/mol. The number of aromatic amines is 1. The summed E-state index contributed by atoms with van der Waals surface area (Å²) in [7, 11) is -4.20. The molecule has 0 radical (unpaired) electrons. The van der Waals surface area contributed by atoms with Crippen LogP contribution in [0.15, 0.2) is 44.7 Å². The number of aromatic nitrogens is 2. The highest BCUT2D eigenvalue weighted by Gasteiger charge is 2.59. The summed E-state index contributed by atoms with van der Waals surface area (Å²) < 4.78 is 39.4. The number of hydrogen-bond acceptors (Lipinski definition) is 9. The van der Waals surface area contributed by atoms with E-state index in [0.29, 0.717) is 59.3 Å². The molecule has 3 saturated carbocycles. The van der Waals surface area contributed by atoms with Crippen molar-refractivity contribution in [2.75, 3.05) is 13.2 Å². The van der Waals surface area contributed by atoms with Gasteiger partial charge >= 0.3 is 13.5 Å². The molecule has 308 valence electrons. The molecule has 4 fully saturated rings. The summed E-state index contributed by atoms with van der Waals surface area (Å²) >= 11 is 0. The van der Waals surface area contributed by atoms with Gasteiger partial charge in [0.1, 0.15) is 6.23 Å². The van der Waals surface area contributed by atoms with Gasteiger partial charge < -0.3 is 4.74 Å². The number of allylic oxidation sites excluding steroid dienone is 3. The first-order chi connectivity index (χ1) is 26.7. The van der Waals surface area contributed by atoms with Crippen molar-refractivity contribution in [2.24, 2.45) is 57.4 Å². The fraction of sp³-hybridized carbons (Fsp3) is 0.786. The van der Waals surface area contributed by atoms with Crippen LogP contribution in [0.2, 0.25) is 0 Å². The highest BCUT2D eigenvalue weighted by molar-refractivity contribution is 7.48. The van der Waals surface area contributed by atoms with E-state index in [2.05, 4.69) is 74.8 Å². The van der Waals surface area contributed by atoms with Gasteiger partial charge in [-0.2, -0.15) is 5.26 Å². The fourth-order valence-electron chi connectivity index (χ4n) is 11.6. The van der Waals surface area contributed by atoms with Crippen LogP contribution >= 0.6 is 7.82 Å². The minimum absolute atomic E-state index is 0.00128. The first-order valence-corrected chi connectivity index (χ1v) is 22.5. The molecule has 1 aliphatic heterocycles. The number of azide groups is 1. The molecular formula is C42H63N6O7P. The largest absolute Gasteiger partial charge is 0.475 e. The number of hydrogen-bond donors (Lipinski definition) is 1. The Hall–Kier alpha value is -2.97. The maximum Gasteiger partial charge on any atom is 0.475 e. The third kappa shape index (κ3) is 8.58. The van der Waals surface area contributed by atoms with Gasteiger partial charge in [0.2, 0.25) is 0 Å². The second-order valence-corrected chi connectivity index (χ2v) is 19.7. The number of phosphoric acid groups is 1. The lowest BCUT2D eigenvalue weighted by molar-refractivity contribution is -0.0567. The number of fused-ring (bicyclic) bond motifs is 5. The van der Waals surface area contributed by atoms with Gasteiger partial charge in [-0.05, 0) is 122 Å². The van der Waals surface area contributed by atoms with Crippen LogP contribution in [0.5, 0.6) is 0 Å². The van der Waals surface area contributed by atoms with Crippen molar-refractivity contribution >= 4 is 7.82 Å². The van der Waals surface area contributed by atoms with E-state index in [1.807, 2.05) is 6.07 Å². The Bertz CT molecular complexity index is 1900. The van der Waals surface area contributed by atoms with Crippen LogP contribution in [-0.4, -0.2) is 41.0 Å². The van der Waals surface area contributed by atoms with Crippen molar-refractivity contribution in [1.82, 2.24) is 9.55 Å². The Kier molecular flexibility index (Phi) is 13.3. The van der Waals surface area contributed by atoms with Gasteiger partial charge in [-0.3, -0.25) is 27.9 Å². The van der Waals surface area contributed by atoms with Gasteiger partial charge in [-0.25, -0.2) is 9.36 Å². The SMILES string of the molecule is CC[C@@H](/C=C/[C@@H](C)[C@H]1CC[C@H]2[C@@H]3CC=C4C[C@@H](O[P@@](=O)(OCCC#N)OC[C@H]5O[C@@H](n6cc(C)c(=O)[nH]c6=O)C[C@@H]5N=[N+]=[N-])CC[C@]4(C)[C@H]3CC[C@]12C)C(C)C. The van der Waals surface area contributed by atoms with Crippen molar-refractivity contribution in [2.45, 2.75) is 144 Å². The zero-order chi connectivity index (χ0) is 40.4. The van der Waals surface area contributed by atoms with E-state index in [4.69, 9.17) is 18.3 Å². The molecule has 0 aromatic carbocycles. The molecule has 1 N–H and O–H groups in total. The van der Waals surface area contributed by atoms with E-state index in [1.165, 1.54) is 48.4 Å². The van der Waals surface area contributed by atoms with E-state index in [0.717, 1.165) is 18.8 Å². The van der Waals surface area contributed by atoms with Crippen molar-refractivity contribution in [1.29, 1.82) is 5.26 Å². The highest BCUT2D eigenvalue weighted by Crippen LogP contribution is 2.68. The minimum atomic E-state index is -4.20. The van der Waals surface area contributed by atoms with Crippen LogP contribution in [0, 0.1) is 70.5 Å². The molecular weight excluding hydrogens is 731 g/mol. The number of rotatable bonds is 15. The number of ether oxygens (including phenoxy) is 1. The molecule has 13 nitrogen and oxygen atoms in total. The van der Waals surface area contributed by atoms with Gasteiger partial charge in [0.05, 0.1) is 44.0 Å². The molecule has 56 heavy (non-hydrogen) atoms. The van der Waals surface area contributed by atoms with Gasteiger partial charge in [-0.15, -0.1) is 0 Å². The van der Waals surface area contributed by atoms with E-state index in [-0.39, 0.29) is 31.5 Å². The van der Waals surface area contributed by atoms with Crippen LogP contribution in [0.1, 0.15) is 124 Å². The quantitative estimate of drug-likeness (QED) is 0.0455. The van der Waals surface area contributed by atoms with E-state index >= 15 is 0 Å². The van der Waals surface area contributed by atoms with E-state index in [1.54, 1.807) is 6.92 Å². The summed E-state index contributed by atoms with van der Waals surface area (Å²) in [4.78, 5) is 29.7. The van der Waals surface area contributed by atoms with Crippen LogP contribution in [0.3, 0.4) is 0 Å². The van der Waals surface area contributed by atoms with Crippen molar-refractivity contribution < 1.29 is 22.9 Å². The van der Waals surface area contributed by atoms with Crippen molar-refractivity contribution in [3.63, 3.8) is 0 Å². The summed E-state index contributed by atoms with van der Waals surface area (Å²) in [6, 6.07) is 1.26. The summed E-state index contributed by atoms with van der Waals surface area (Å²) in [6.45, 7) is 15.6. The summed E-state index contributed by atoms with van der Waals surface area (Å²) in [6.07, 6.45) is 16.5. The topological polar surface area (TPSA) is 181 Å². The first-order valence-electron chi connectivity index (χ1n) is 21.0. The van der Waals surface area contributed by atoms with Crippen molar-refractivity contribution in [3.05, 3.63) is 66.8 Å². The van der Waals surface area contributed by atoms with Crippen molar-refractivity contribution in [3.8, 4) is 6.07 Å². The second-order valence-electron chi connectivity index (χ2n) is 18.1. The lowest BCUT2D eigenvalue weighted by Gasteiger charge is -2.58. The zero-order valence-corrected chi connectivity index (χ0v) is 35.3. The van der Waals surface area contributed by atoms with E-state index < -0.39 is 43.5 Å². The summed E-state index contributed by atoms with van der Waals surface area (Å²) in [5, 5.41) is 13.0. The molecule has 1 saturated heterocycles. The van der Waals surface area contributed by atoms with Crippen LogP contribution in [-0.2, 0) is 22.9 Å². The molecule has 5 aliphatic rings. The lowest BCUT2D eigenvalue weighted by atomic mass is 9.47. The minimum Gasteiger partial charge on any atom is -0.352 e. The van der Waals surface area contributed by atoms with Gasteiger partial charge in [-0.1, -0.05) is 70.5 Å². The van der Waals surface area contributed by atoms with Crippen LogP contribution in [0.4, 0.5) is 0 Å². The van der Waals surface area contributed by atoms with Gasteiger partial charge in [0.25, 0.3) is 5.56 Å². The monoisotopic (exact) mass is 794 g/mol. The normalized spacial score (nSPS) is 36.1. The molecule has 0 bridgehead atoms. The Balaban J connectivity index is 1.12. The Morgan fingerprint density at radius 1 is 1.16 bits per heavy atom. The maximum absolute atomic E-state index is 14.3. The standard InChI is InChI=1S/C42H63N6O7P/c1-8-29(26(2)3)11-10-27(4)33-14-15-34-32-13-12-30-22-31(16-18-41(30,6)35(32)17-19-42(33,34)7)55-56(51,52-21-9-20-43)53-25-37-36(46-47-44)23-38(54-37)48-24-28(5)39(49)45-40(48)50/h10-12,24,26-27,29,31-38H,8-9,13-19,21-23,25H2,1-7H3,(H,45,49,50)/b11-10+/t27-,29+,31+,32+,33-,34+,35+,36+,37-,38-,41+,42-,56+/m1/s1. The summed E-state index contributed by atoms with van der Waals surface area (Å²) in [5.74, 6) is 4.59. The average Bonchev–Trinajstić information content (AvgIpc) is 3.73. The fourth-order valence-corrected chi connectivity index (χ4v) is 13.0. The molecule has 4 aliphatic carbocycles. The Morgan fingerprint density at radius 2 is 1.95 bits per heavy atom.